The lowest BCUT2D eigenvalue weighted by atomic mass is 9.88. The number of fused-ring (bicyclic) bond motifs is 2. The Morgan fingerprint density at radius 1 is 1.22 bits per heavy atom. The summed E-state index contributed by atoms with van der Waals surface area (Å²) in [6.07, 6.45) is 7.21. The quantitative estimate of drug-likeness (QED) is 0.701. The summed E-state index contributed by atoms with van der Waals surface area (Å²) in [5.74, 6) is 1.13. The van der Waals surface area contributed by atoms with Gasteiger partial charge in [-0.05, 0) is 49.9 Å². The Kier molecular flexibility index (Phi) is 4.01. The summed E-state index contributed by atoms with van der Waals surface area (Å²) >= 11 is 0. The summed E-state index contributed by atoms with van der Waals surface area (Å²) in [7, 11) is 0. The van der Waals surface area contributed by atoms with E-state index in [9.17, 15) is 4.79 Å². The van der Waals surface area contributed by atoms with E-state index in [-0.39, 0.29) is 17.6 Å². The molecule has 3 aromatic heterocycles. The lowest BCUT2D eigenvalue weighted by Crippen LogP contribution is -2.23. The van der Waals surface area contributed by atoms with Crippen LogP contribution in [-0.2, 0) is 17.7 Å². The molecule has 27 heavy (non-hydrogen) atoms. The molecule has 138 valence electrons. The van der Waals surface area contributed by atoms with Crippen molar-refractivity contribution in [2.45, 2.75) is 51.2 Å². The molecule has 0 spiro atoms. The van der Waals surface area contributed by atoms with Crippen LogP contribution in [0.5, 0.6) is 0 Å². The molecular weight excluding hydrogens is 340 g/mol. The van der Waals surface area contributed by atoms with E-state index in [4.69, 9.17) is 9.72 Å². The molecule has 0 amide bonds. The summed E-state index contributed by atoms with van der Waals surface area (Å²) in [5, 5.41) is 0.688. The van der Waals surface area contributed by atoms with E-state index < -0.39 is 0 Å². The fourth-order valence-electron chi connectivity index (χ4n) is 4.37. The van der Waals surface area contributed by atoms with Gasteiger partial charge in [0.2, 0.25) is 0 Å². The molecule has 0 bridgehead atoms. The van der Waals surface area contributed by atoms with Crippen molar-refractivity contribution < 1.29 is 4.74 Å². The fraction of sp³-hybridized carbons (Fsp3) is 0.429. The topological polar surface area (TPSA) is 69.9 Å². The van der Waals surface area contributed by atoms with Gasteiger partial charge < -0.3 is 4.74 Å². The fourth-order valence-corrected chi connectivity index (χ4v) is 4.37. The van der Waals surface area contributed by atoms with E-state index in [2.05, 4.69) is 16.0 Å². The van der Waals surface area contributed by atoms with Crippen molar-refractivity contribution in [1.82, 2.24) is 19.5 Å². The Morgan fingerprint density at radius 2 is 2.11 bits per heavy atom. The van der Waals surface area contributed by atoms with Gasteiger partial charge in [-0.25, -0.2) is 4.98 Å². The molecule has 1 saturated heterocycles. The monoisotopic (exact) mass is 362 g/mol. The number of rotatable bonds is 2. The standard InChI is InChI=1S/C21H22N4O2/c1-13-11-14(4-7-22-13)17-12-15(6-10-27-17)19-20-16(5-8-23-19)21(26)25-9-2-3-18(25)24-20/h4-5,7-8,11,15,17H,2-3,6,9-10,12H2,1H3/t15-,17+/m1/s1. The summed E-state index contributed by atoms with van der Waals surface area (Å²) < 4.78 is 7.86. The van der Waals surface area contributed by atoms with E-state index in [1.807, 2.05) is 29.8 Å². The van der Waals surface area contributed by atoms with Crippen molar-refractivity contribution in [2.24, 2.45) is 0 Å². The van der Waals surface area contributed by atoms with Crippen molar-refractivity contribution in [1.29, 1.82) is 0 Å². The van der Waals surface area contributed by atoms with Crippen LogP contribution in [0.3, 0.4) is 0 Å². The molecule has 5 rings (SSSR count). The minimum absolute atomic E-state index is 0.0260. The molecule has 1 fully saturated rings. The van der Waals surface area contributed by atoms with Gasteiger partial charge in [0.1, 0.15) is 5.82 Å². The number of nitrogens with zero attached hydrogens (tertiary/aromatic N) is 4. The van der Waals surface area contributed by atoms with Crippen LogP contribution in [0.15, 0.2) is 35.4 Å². The van der Waals surface area contributed by atoms with E-state index in [1.54, 1.807) is 6.20 Å². The van der Waals surface area contributed by atoms with Crippen LogP contribution < -0.4 is 5.56 Å². The summed E-state index contributed by atoms with van der Waals surface area (Å²) in [5.41, 5.74) is 3.95. The predicted octanol–water partition coefficient (Wildman–Crippen LogP) is 3.08. The average molecular weight is 362 g/mol. The van der Waals surface area contributed by atoms with Gasteiger partial charge in [-0.3, -0.25) is 19.3 Å². The highest BCUT2D eigenvalue weighted by atomic mass is 16.5. The molecule has 2 aliphatic rings. The first kappa shape index (κ1) is 16.6. The van der Waals surface area contributed by atoms with Gasteiger partial charge in [-0.15, -0.1) is 0 Å². The maximum atomic E-state index is 12.8. The van der Waals surface area contributed by atoms with Gasteiger partial charge in [0.25, 0.3) is 5.56 Å². The molecule has 3 aromatic rings. The summed E-state index contributed by atoms with van der Waals surface area (Å²) in [6.45, 7) is 3.45. The lowest BCUT2D eigenvalue weighted by molar-refractivity contribution is 0.00477. The molecule has 0 aromatic carbocycles. The molecule has 0 saturated carbocycles. The smallest absolute Gasteiger partial charge is 0.261 e. The zero-order valence-corrected chi connectivity index (χ0v) is 15.4. The van der Waals surface area contributed by atoms with Crippen LogP contribution in [0.25, 0.3) is 10.9 Å². The van der Waals surface area contributed by atoms with E-state index in [1.165, 1.54) is 0 Å². The largest absolute Gasteiger partial charge is 0.373 e. The first-order valence-electron chi connectivity index (χ1n) is 9.63. The third-order valence-electron chi connectivity index (χ3n) is 5.73. The average Bonchev–Trinajstić information content (AvgIpc) is 3.17. The molecule has 0 radical (unpaired) electrons. The van der Waals surface area contributed by atoms with Gasteiger partial charge in [-0.1, -0.05) is 0 Å². The van der Waals surface area contributed by atoms with Crippen LogP contribution in [-0.4, -0.2) is 26.1 Å². The zero-order valence-electron chi connectivity index (χ0n) is 15.4. The Balaban J connectivity index is 1.55. The molecule has 6 heteroatoms. The second-order valence-corrected chi connectivity index (χ2v) is 7.49. The molecule has 0 aliphatic carbocycles. The SMILES string of the molecule is Cc1cc([C@@H]2C[C@H](c3nccc4c(=O)n5c(nc34)CCC5)CCO2)ccn1. The van der Waals surface area contributed by atoms with Crippen molar-refractivity contribution in [3.05, 3.63) is 63.7 Å². The van der Waals surface area contributed by atoms with Crippen molar-refractivity contribution in [3.8, 4) is 0 Å². The van der Waals surface area contributed by atoms with Crippen LogP contribution in [0.2, 0.25) is 0 Å². The molecule has 0 N–H and O–H groups in total. The number of aromatic nitrogens is 4. The Hall–Kier alpha value is -2.60. The lowest BCUT2D eigenvalue weighted by Gasteiger charge is -2.30. The van der Waals surface area contributed by atoms with Crippen molar-refractivity contribution in [2.75, 3.05) is 6.61 Å². The van der Waals surface area contributed by atoms with Crippen LogP contribution in [0, 0.1) is 6.92 Å². The minimum Gasteiger partial charge on any atom is -0.373 e. The molecule has 2 aliphatic heterocycles. The molecule has 5 heterocycles. The third kappa shape index (κ3) is 2.84. The van der Waals surface area contributed by atoms with E-state index >= 15 is 0 Å². The minimum atomic E-state index is 0.0260. The van der Waals surface area contributed by atoms with Crippen molar-refractivity contribution in [3.63, 3.8) is 0 Å². The third-order valence-corrected chi connectivity index (χ3v) is 5.73. The Morgan fingerprint density at radius 3 is 3.00 bits per heavy atom. The number of ether oxygens (including phenoxy) is 1. The summed E-state index contributed by atoms with van der Waals surface area (Å²) in [4.78, 5) is 26.6. The van der Waals surface area contributed by atoms with Gasteiger partial charge >= 0.3 is 0 Å². The van der Waals surface area contributed by atoms with Gasteiger partial charge in [-0.2, -0.15) is 0 Å². The second kappa shape index (κ2) is 6.53. The normalized spacial score (nSPS) is 22.1. The van der Waals surface area contributed by atoms with Crippen molar-refractivity contribution >= 4 is 10.9 Å². The maximum absolute atomic E-state index is 12.8. The molecule has 0 unspecified atom stereocenters. The van der Waals surface area contributed by atoms with E-state index in [0.29, 0.717) is 12.0 Å². The van der Waals surface area contributed by atoms with Gasteiger partial charge in [0.05, 0.1) is 22.7 Å². The second-order valence-electron chi connectivity index (χ2n) is 7.49. The highest BCUT2D eigenvalue weighted by Crippen LogP contribution is 2.38. The Labute approximate surface area is 157 Å². The van der Waals surface area contributed by atoms with Crippen LogP contribution in [0.4, 0.5) is 0 Å². The predicted molar refractivity (Wildman–Crippen MR) is 102 cm³/mol. The highest BCUT2D eigenvalue weighted by Gasteiger charge is 2.29. The molecule has 6 nitrogen and oxygen atoms in total. The van der Waals surface area contributed by atoms with Crippen LogP contribution >= 0.6 is 0 Å². The summed E-state index contributed by atoms with van der Waals surface area (Å²) in [6, 6.07) is 5.91. The number of hydrogen-bond acceptors (Lipinski definition) is 5. The maximum Gasteiger partial charge on any atom is 0.261 e. The van der Waals surface area contributed by atoms with Crippen LogP contribution in [0.1, 0.15) is 54.1 Å². The van der Waals surface area contributed by atoms with E-state index in [0.717, 1.165) is 60.5 Å². The van der Waals surface area contributed by atoms with Gasteiger partial charge in [0.15, 0.2) is 0 Å². The first-order valence-corrected chi connectivity index (χ1v) is 9.63. The number of pyridine rings is 2. The first-order chi connectivity index (χ1) is 13.2. The zero-order chi connectivity index (χ0) is 18.4. The number of hydrogen-bond donors (Lipinski definition) is 0. The molecule has 2 atom stereocenters. The highest BCUT2D eigenvalue weighted by molar-refractivity contribution is 5.80. The number of aryl methyl sites for hydroxylation is 2. The Bertz CT molecular complexity index is 1080. The van der Waals surface area contributed by atoms with Gasteiger partial charge in [0, 0.05) is 43.6 Å². The molecular formula is C21H22N4O2.